The van der Waals surface area contributed by atoms with E-state index in [1.54, 1.807) is 0 Å². The Morgan fingerprint density at radius 1 is 1.22 bits per heavy atom. The van der Waals surface area contributed by atoms with Crippen molar-refractivity contribution in [2.75, 3.05) is 5.73 Å². The summed E-state index contributed by atoms with van der Waals surface area (Å²) in [7, 11) is 0. The summed E-state index contributed by atoms with van der Waals surface area (Å²) in [5.74, 6) is 1.90. The minimum Gasteiger partial charge on any atom is -0.367 e. The van der Waals surface area contributed by atoms with E-state index >= 15 is 0 Å². The van der Waals surface area contributed by atoms with Crippen molar-refractivity contribution in [1.29, 1.82) is 0 Å². The molecular formula is C15H18N2O. The zero-order valence-electron chi connectivity index (χ0n) is 10.8. The monoisotopic (exact) mass is 242 g/mol. The fourth-order valence-corrected chi connectivity index (χ4v) is 2.74. The van der Waals surface area contributed by atoms with Crippen molar-refractivity contribution in [3.05, 3.63) is 47.2 Å². The molecule has 3 nitrogen and oxygen atoms in total. The fourth-order valence-electron chi connectivity index (χ4n) is 2.74. The van der Waals surface area contributed by atoms with E-state index in [4.69, 9.17) is 10.3 Å². The van der Waals surface area contributed by atoms with Crippen molar-refractivity contribution in [3.63, 3.8) is 0 Å². The van der Waals surface area contributed by atoms with Crippen molar-refractivity contribution in [2.24, 2.45) is 0 Å². The first-order valence-electron chi connectivity index (χ1n) is 6.48. The average molecular weight is 242 g/mol. The summed E-state index contributed by atoms with van der Waals surface area (Å²) in [6.07, 6.45) is 1.15. The molecule has 1 aromatic heterocycles. The minimum atomic E-state index is 0.364. The predicted octanol–water partition coefficient (Wildman–Crippen LogP) is 3.65. The summed E-state index contributed by atoms with van der Waals surface area (Å²) in [5.41, 5.74) is 9.41. The number of aromatic nitrogens is 1. The number of hydrogen-bond donors (Lipinski definition) is 1. The predicted molar refractivity (Wildman–Crippen MR) is 71.5 cm³/mol. The van der Waals surface area contributed by atoms with Crippen LogP contribution in [0.15, 0.2) is 34.9 Å². The van der Waals surface area contributed by atoms with Crippen molar-refractivity contribution < 1.29 is 4.52 Å². The largest absolute Gasteiger partial charge is 0.367 e. The number of rotatable bonds is 3. The van der Waals surface area contributed by atoms with Gasteiger partial charge in [0.15, 0.2) is 0 Å². The zero-order chi connectivity index (χ0) is 12.7. The second kappa shape index (κ2) is 4.16. The van der Waals surface area contributed by atoms with Gasteiger partial charge in [0.1, 0.15) is 0 Å². The third kappa shape index (κ3) is 1.80. The Hall–Kier alpha value is -1.77. The first-order valence-corrected chi connectivity index (χ1v) is 6.48. The SMILES string of the molecule is CC(C)c1c(C2CC2c2ccccc2)noc1N. The molecule has 3 heteroatoms. The maximum atomic E-state index is 5.86. The maximum absolute atomic E-state index is 5.86. The average Bonchev–Trinajstić information content (AvgIpc) is 3.07. The van der Waals surface area contributed by atoms with Crippen molar-refractivity contribution >= 4 is 5.88 Å². The first kappa shape index (κ1) is 11.3. The Morgan fingerprint density at radius 2 is 1.94 bits per heavy atom. The molecule has 0 spiro atoms. The Bertz CT molecular complexity index is 545. The summed E-state index contributed by atoms with van der Waals surface area (Å²) < 4.78 is 5.17. The Morgan fingerprint density at radius 3 is 2.61 bits per heavy atom. The summed E-state index contributed by atoms with van der Waals surface area (Å²) in [5, 5.41) is 4.17. The van der Waals surface area contributed by atoms with Crippen LogP contribution in [0.5, 0.6) is 0 Å². The second-order valence-electron chi connectivity index (χ2n) is 5.36. The van der Waals surface area contributed by atoms with Gasteiger partial charge in [-0.1, -0.05) is 49.3 Å². The van der Waals surface area contributed by atoms with Crippen molar-refractivity contribution in [1.82, 2.24) is 5.16 Å². The van der Waals surface area contributed by atoms with Crippen LogP contribution in [0.25, 0.3) is 0 Å². The van der Waals surface area contributed by atoms with Crippen LogP contribution in [-0.2, 0) is 0 Å². The van der Waals surface area contributed by atoms with Crippen LogP contribution in [-0.4, -0.2) is 5.16 Å². The summed E-state index contributed by atoms with van der Waals surface area (Å²) in [4.78, 5) is 0. The molecule has 0 aliphatic heterocycles. The second-order valence-corrected chi connectivity index (χ2v) is 5.36. The van der Waals surface area contributed by atoms with Gasteiger partial charge < -0.3 is 10.3 Å². The number of nitrogens with two attached hydrogens (primary N) is 1. The molecule has 2 atom stereocenters. The lowest BCUT2D eigenvalue weighted by atomic mass is 9.99. The quantitative estimate of drug-likeness (QED) is 0.893. The molecule has 2 aromatic rings. The van der Waals surface area contributed by atoms with Crippen LogP contribution in [0.3, 0.4) is 0 Å². The molecule has 2 N–H and O–H groups in total. The highest BCUT2D eigenvalue weighted by atomic mass is 16.5. The van der Waals surface area contributed by atoms with E-state index in [0.29, 0.717) is 23.6 Å². The molecule has 2 unspecified atom stereocenters. The number of benzene rings is 1. The molecule has 0 saturated heterocycles. The van der Waals surface area contributed by atoms with Gasteiger partial charge in [0.2, 0.25) is 5.88 Å². The Balaban J connectivity index is 1.87. The van der Waals surface area contributed by atoms with Crippen LogP contribution in [0.1, 0.15) is 54.8 Å². The van der Waals surface area contributed by atoms with Gasteiger partial charge in [-0.15, -0.1) is 0 Å². The van der Waals surface area contributed by atoms with Crippen molar-refractivity contribution in [2.45, 2.75) is 38.0 Å². The Labute approximate surface area is 107 Å². The molecular weight excluding hydrogens is 224 g/mol. The van der Waals surface area contributed by atoms with Gasteiger partial charge in [0.05, 0.1) is 5.69 Å². The topological polar surface area (TPSA) is 52.0 Å². The van der Waals surface area contributed by atoms with E-state index in [-0.39, 0.29) is 0 Å². The molecule has 18 heavy (non-hydrogen) atoms. The summed E-state index contributed by atoms with van der Waals surface area (Å²) in [6.45, 7) is 4.26. The highest BCUT2D eigenvalue weighted by Crippen LogP contribution is 2.56. The van der Waals surface area contributed by atoms with E-state index in [0.717, 1.165) is 17.7 Å². The molecule has 1 heterocycles. The van der Waals surface area contributed by atoms with Gasteiger partial charge in [-0.3, -0.25) is 0 Å². The lowest BCUT2D eigenvalue weighted by Crippen LogP contribution is -1.97. The molecule has 1 aliphatic carbocycles. The fraction of sp³-hybridized carbons (Fsp3) is 0.400. The Kier molecular flexibility index (Phi) is 2.62. The van der Waals surface area contributed by atoms with E-state index in [1.165, 1.54) is 5.56 Å². The number of nitrogen functional groups attached to an aromatic ring is 1. The maximum Gasteiger partial charge on any atom is 0.225 e. The van der Waals surface area contributed by atoms with Gasteiger partial charge >= 0.3 is 0 Å². The number of anilines is 1. The van der Waals surface area contributed by atoms with Crippen molar-refractivity contribution in [3.8, 4) is 0 Å². The van der Waals surface area contributed by atoms with Crippen LogP contribution >= 0.6 is 0 Å². The van der Waals surface area contributed by atoms with Gasteiger partial charge in [0.25, 0.3) is 0 Å². The van der Waals surface area contributed by atoms with E-state index in [9.17, 15) is 0 Å². The first-order chi connectivity index (χ1) is 8.68. The van der Waals surface area contributed by atoms with Gasteiger partial charge in [-0.25, -0.2) is 0 Å². The normalized spacial score (nSPS) is 22.4. The lowest BCUT2D eigenvalue weighted by molar-refractivity contribution is 0.427. The van der Waals surface area contributed by atoms with Gasteiger partial charge in [0, 0.05) is 11.5 Å². The van der Waals surface area contributed by atoms with Crippen LogP contribution in [0, 0.1) is 0 Å². The molecule has 0 radical (unpaired) electrons. The molecule has 0 amide bonds. The molecule has 94 valence electrons. The molecule has 1 fully saturated rings. The van der Waals surface area contributed by atoms with E-state index in [1.807, 2.05) is 0 Å². The lowest BCUT2D eigenvalue weighted by Gasteiger charge is -2.05. The van der Waals surface area contributed by atoms with Crippen LogP contribution < -0.4 is 5.73 Å². The standard InChI is InChI=1S/C15H18N2O/c1-9(2)13-14(17-18-15(13)16)12-8-11(12)10-6-4-3-5-7-10/h3-7,9,11-12H,8,16H2,1-2H3. The van der Waals surface area contributed by atoms with Gasteiger partial charge in [-0.05, 0) is 23.8 Å². The molecule has 1 saturated carbocycles. The third-order valence-electron chi connectivity index (χ3n) is 3.73. The highest BCUT2D eigenvalue weighted by Gasteiger charge is 2.43. The molecule has 0 bridgehead atoms. The molecule has 3 rings (SSSR count). The summed E-state index contributed by atoms with van der Waals surface area (Å²) >= 11 is 0. The minimum absolute atomic E-state index is 0.364. The molecule has 1 aromatic carbocycles. The van der Waals surface area contributed by atoms with Crippen LogP contribution in [0.4, 0.5) is 5.88 Å². The third-order valence-corrected chi connectivity index (χ3v) is 3.73. The highest BCUT2D eigenvalue weighted by molar-refractivity contribution is 5.46. The molecule has 1 aliphatic rings. The van der Waals surface area contributed by atoms with E-state index in [2.05, 4.69) is 49.3 Å². The zero-order valence-corrected chi connectivity index (χ0v) is 10.8. The number of hydrogen-bond acceptors (Lipinski definition) is 3. The smallest absolute Gasteiger partial charge is 0.225 e. The van der Waals surface area contributed by atoms with Gasteiger partial charge in [-0.2, -0.15) is 0 Å². The number of nitrogens with zero attached hydrogens (tertiary/aromatic N) is 1. The summed E-state index contributed by atoms with van der Waals surface area (Å²) in [6, 6.07) is 10.6. The van der Waals surface area contributed by atoms with Crippen LogP contribution in [0.2, 0.25) is 0 Å². The van der Waals surface area contributed by atoms with E-state index < -0.39 is 0 Å².